The summed E-state index contributed by atoms with van der Waals surface area (Å²) in [5, 5.41) is -7.53. The maximum atomic E-state index is 13.8. The molecule has 1 heterocycles. The monoisotopic (exact) mass is 569 g/mol. The van der Waals surface area contributed by atoms with Gasteiger partial charge in [0.2, 0.25) is 0 Å². The van der Waals surface area contributed by atoms with Crippen LogP contribution in [0.1, 0.15) is 0 Å². The third-order valence-electron chi connectivity index (χ3n) is 4.29. The van der Waals surface area contributed by atoms with Gasteiger partial charge in [0.05, 0.1) is 12.7 Å². The third-order valence-corrected chi connectivity index (χ3v) is 6.16. The first-order chi connectivity index (χ1) is 14.5. The van der Waals surface area contributed by atoms with Crippen LogP contribution in [0.15, 0.2) is 0 Å². The highest BCUT2D eigenvalue weighted by atomic mass is 32.2. The van der Waals surface area contributed by atoms with E-state index in [1.165, 1.54) is 0 Å². The number of rotatable bonds is 10. The summed E-state index contributed by atoms with van der Waals surface area (Å²) >= 11 is 0. The largest absolute Gasteiger partial charge is 0.460 e. The number of hydrogen-bond donors (Lipinski definition) is 0. The molecule has 0 aromatic heterocycles. The Morgan fingerprint density at radius 1 is 0.647 bits per heavy atom. The van der Waals surface area contributed by atoms with E-state index in [-0.39, 0.29) is 7.05 Å². The lowest BCUT2D eigenvalue weighted by atomic mass is 9.91. The Morgan fingerprint density at radius 3 is 1.24 bits per heavy atom. The van der Waals surface area contributed by atoms with E-state index in [2.05, 4.69) is 4.74 Å². The molecule has 0 aliphatic carbocycles. The van der Waals surface area contributed by atoms with E-state index < -0.39 is 80.6 Å². The van der Waals surface area contributed by atoms with Crippen LogP contribution >= 0.6 is 0 Å². The van der Waals surface area contributed by atoms with Crippen molar-refractivity contribution in [1.82, 2.24) is 4.31 Å². The molecule has 0 N–H and O–H groups in total. The molecule has 0 radical (unpaired) electrons. The molecule has 0 aromatic carbocycles. The van der Waals surface area contributed by atoms with Crippen LogP contribution < -0.4 is 0 Å². The highest BCUT2D eigenvalue weighted by molar-refractivity contribution is 7.90. The summed E-state index contributed by atoms with van der Waals surface area (Å²) < 4.78 is 250. The van der Waals surface area contributed by atoms with E-state index in [9.17, 15) is 83.1 Å². The van der Waals surface area contributed by atoms with E-state index in [4.69, 9.17) is 0 Å². The zero-order valence-corrected chi connectivity index (χ0v) is 16.3. The van der Waals surface area contributed by atoms with Gasteiger partial charge in [-0.25, -0.2) is 8.42 Å². The van der Waals surface area contributed by atoms with Crippen molar-refractivity contribution < 1.29 is 87.8 Å². The Labute approximate surface area is 176 Å². The van der Waals surface area contributed by atoms with Crippen LogP contribution in [-0.2, 0) is 14.8 Å². The summed E-state index contributed by atoms with van der Waals surface area (Å²) in [7, 11) is -7.27. The SMILES string of the molecule is CN(CC1CO1)S(=O)(=O)C(F)(F)C(F)(F)C(F)(F)C(F)(F)C(F)(F)C(F)(F)C(F)(F)C(F)(F)F. The Kier molecular flexibility index (Phi) is 7.08. The van der Waals surface area contributed by atoms with Crippen LogP contribution in [0.2, 0.25) is 0 Å². The molecule has 1 rings (SSSR count). The van der Waals surface area contributed by atoms with Crippen molar-refractivity contribution in [3.05, 3.63) is 0 Å². The van der Waals surface area contributed by atoms with Crippen LogP contribution in [0.4, 0.5) is 74.6 Å². The van der Waals surface area contributed by atoms with Crippen molar-refractivity contribution in [2.75, 3.05) is 20.2 Å². The van der Waals surface area contributed by atoms with Crippen molar-refractivity contribution in [2.45, 2.75) is 53.1 Å². The molecule has 1 saturated heterocycles. The molecule has 1 aliphatic heterocycles. The number of epoxide rings is 1. The number of nitrogens with zero attached hydrogens (tertiary/aromatic N) is 1. The molecule has 1 aliphatic rings. The van der Waals surface area contributed by atoms with Gasteiger partial charge in [-0.1, -0.05) is 0 Å². The minimum absolute atomic E-state index is 0.0378. The fourth-order valence-corrected chi connectivity index (χ4v) is 3.27. The average molecular weight is 569 g/mol. The molecule has 0 aromatic rings. The molecule has 0 amide bonds. The van der Waals surface area contributed by atoms with Gasteiger partial charge in [-0.3, -0.25) is 0 Å². The van der Waals surface area contributed by atoms with E-state index >= 15 is 0 Å². The Bertz CT molecular complexity index is 877. The highest BCUT2D eigenvalue weighted by Crippen LogP contribution is 2.64. The van der Waals surface area contributed by atoms with Gasteiger partial charge >= 0.3 is 47.0 Å². The topological polar surface area (TPSA) is 49.9 Å². The second-order valence-electron chi connectivity index (χ2n) is 6.70. The van der Waals surface area contributed by atoms with E-state index in [1.807, 2.05) is 0 Å². The molecule has 0 saturated carbocycles. The molecule has 204 valence electrons. The molecule has 34 heavy (non-hydrogen) atoms. The Balaban J connectivity index is 3.65. The van der Waals surface area contributed by atoms with Crippen LogP contribution in [-0.4, -0.2) is 86.0 Å². The van der Waals surface area contributed by atoms with Gasteiger partial charge < -0.3 is 4.74 Å². The van der Waals surface area contributed by atoms with Gasteiger partial charge in [0, 0.05) is 13.6 Å². The lowest BCUT2D eigenvalue weighted by Crippen LogP contribution is -2.75. The fourth-order valence-electron chi connectivity index (χ4n) is 2.07. The summed E-state index contributed by atoms with van der Waals surface area (Å²) in [5.74, 6) is -51.6. The van der Waals surface area contributed by atoms with Gasteiger partial charge in [-0.2, -0.15) is 78.9 Å². The van der Waals surface area contributed by atoms with Gasteiger partial charge in [0.25, 0.3) is 10.0 Å². The number of hydrogen-bond acceptors (Lipinski definition) is 3. The highest BCUT2D eigenvalue weighted by Gasteiger charge is 2.96. The van der Waals surface area contributed by atoms with Crippen LogP contribution in [0.25, 0.3) is 0 Å². The van der Waals surface area contributed by atoms with E-state index in [0.29, 0.717) is 0 Å². The smallest absolute Gasteiger partial charge is 0.372 e. The molecular weight excluding hydrogens is 561 g/mol. The molecule has 4 nitrogen and oxygen atoms in total. The lowest BCUT2D eigenvalue weighted by molar-refractivity contribution is -0.458. The molecule has 1 fully saturated rings. The molecule has 22 heteroatoms. The van der Waals surface area contributed by atoms with Crippen molar-refractivity contribution >= 4 is 10.0 Å². The lowest BCUT2D eigenvalue weighted by Gasteiger charge is -2.42. The average Bonchev–Trinajstić information content (AvgIpc) is 3.43. The summed E-state index contributed by atoms with van der Waals surface area (Å²) in [6.07, 6.45) is -9.16. The number of alkyl halides is 17. The van der Waals surface area contributed by atoms with E-state index in [1.54, 1.807) is 0 Å². The van der Waals surface area contributed by atoms with Crippen LogP contribution in [0.3, 0.4) is 0 Å². The third kappa shape index (κ3) is 3.86. The summed E-state index contributed by atoms with van der Waals surface area (Å²) in [6.45, 7) is -1.72. The van der Waals surface area contributed by atoms with Crippen molar-refractivity contribution in [1.29, 1.82) is 0 Å². The zero-order valence-electron chi connectivity index (χ0n) is 15.5. The molecule has 1 unspecified atom stereocenters. The summed E-state index contributed by atoms with van der Waals surface area (Å²) in [6, 6.07) is 0. The first kappa shape index (κ1) is 30.7. The normalized spacial score (nSPS) is 20.1. The maximum Gasteiger partial charge on any atom is 0.460 e. The van der Waals surface area contributed by atoms with Crippen molar-refractivity contribution in [3.63, 3.8) is 0 Å². The molecular formula is C12H8F17NO3S. The first-order valence-electron chi connectivity index (χ1n) is 7.79. The molecule has 0 bridgehead atoms. The van der Waals surface area contributed by atoms with Crippen molar-refractivity contribution in [3.8, 4) is 0 Å². The second-order valence-corrected chi connectivity index (χ2v) is 8.79. The van der Waals surface area contributed by atoms with Gasteiger partial charge in [-0.15, -0.1) is 0 Å². The maximum absolute atomic E-state index is 13.8. The number of sulfonamides is 1. The number of ether oxygens (including phenoxy) is 1. The first-order valence-corrected chi connectivity index (χ1v) is 9.23. The quantitative estimate of drug-likeness (QED) is 0.286. The minimum atomic E-state index is -8.83. The zero-order chi connectivity index (χ0) is 27.8. The molecule has 0 spiro atoms. The Morgan fingerprint density at radius 2 is 0.941 bits per heavy atom. The fraction of sp³-hybridized carbons (Fsp3) is 1.00. The van der Waals surface area contributed by atoms with Gasteiger partial charge in [0.1, 0.15) is 0 Å². The number of halogens is 17. The van der Waals surface area contributed by atoms with Gasteiger partial charge in [-0.05, 0) is 0 Å². The summed E-state index contributed by atoms with van der Waals surface area (Å²) in [4.78, 5) is 0. The predicted octanol–water partition coefficient (Wildman–Crippen LogP) is 4.61. The van der Waals surface area contributed by atoms with Gasteiger partial charge in [0.15, 0.2) is 0 Å². The minimum Gasteiger partial charge on any atom is -0.372 e. The Hall–Kier alpha value is -1.32. The summed E-state index contributed by atoms with van der Waals surface area (Å²) in [5.41, 5.74) is 0. The van der Waals surface area contributed by atoms with Crippen LogP contribution in [0.5, 0.6) is 0 Å². The second kappa shape index (κ2) is 7.84. The standard InChI is InChI=1S/C12H8F17NO3S/c1-30(2-4-3-33-4)34(31,32)12(28,29)10(23,24)8(19,20)6(15,16)5(13,14)7(17,18)9(21,22)11(25,26)27/h4H,2-3H2,1H3. The number of likely N-dealkylation sites (N-methyl/N-ethyl adjacent to an activating group) is 1. The van der Waals surface area contributed by atoms with Crippen LogP contribution in [0, 0.1) is 0 Å². The molecule has 1 atom stereocenters. The van der Waals surface area contributed by atoms with E-state index in [0.717, 1.165) is 0 Å². The van der Waals surface area contributed by atoms with Crippen molar-refractivity contribution in [2.24, 2.45) is 0 Å². The predicted molar refractivity (Wildman–Crippen MR) is 72.0 cm³/mol.